The number of halogens is 9. The number of ether oxygens (including phenoxy) is 2. The first-order chi connectivity index (χ1) is 15.3. The summed E-state index contributed by atoms with van der Waals surface area (Å²) in [4.78, 5) is 0. The average Bonchev–Trinajstić information content (AvgIpc) is 2.69. The predicted octanol–water partition coefficient (Wildman–Crippen LogP) is 7.46. The quantitative estimate of drug-likeness (QED) is 0.341. The summed E-state index contributed by atoms with van der Waals surface area (Å²) in [5.74, 6) is -9.03. The van der Waals surface area contributed by atoms with Crippen LogP contribution in [0.2, 0.25) is 0 Å². The van der Waals surface area contributed by atoms with E-state index in [1.54, 1.807) is 6.92 Å². The first kappa shape index (κ1) is 24.3. The molecule has 0 saturated heterocycles. The molecule has 11 heteroatoms. The second-order valence-electron chi connectivity index (χ2n) is 6.62. The molecule has 0 saturated carbocycles. The Morgan fingerprint density at radius 3 is 1.82 bits per heavy atom. The van der Waals surface area contributed by atoms with Gasteiger partial charge in [0, 0.05) is 17.7 Å². The highest BCUT2D eigenvalue weighted by Gasteiger charge is 2.42. The molecule has 0 aromatic heterocycles. The summed E-state index contributed by atoms with van der Waals surface area (Å²) in [5.41, 5.74) is -4.18. The lowest BCUT2D eigenvalue weighted by atomic mass is 10.0. The molecule has 0 heterocycles. The third kappa shape index (κ3) is 5.01. The van der Waals surface area contributed by atoms with E-state index in [4.69, 9.17) is 4.74 Å². The molecule has 0 aliphatic heterocycles. The van der Waals surface area contributed by atoms with Crippen molar-refractivity contribution < 1.29 is 49.0 Å². The standard InChI is InChI=1S/C22H13F9O2/c1-2-32-12-5-3-11(4-6-12)14-7-8-15(20(26)19(14)25)22(30,31)33-13-9-16(23)18(17(24)10-13)21(27,28)29/h3-10H,2H2,1H3. The van der Waals surface area contributed by atoms with E-state index in [0.717, 1.165) is 6.07 Å². The molecule has 0 N–H and O–H groups in total. The van der Waals surface area contributed by atoms with E-state index in [1.807, 2.05) is 0 Å². The Morgan fingerprint density at radius 1 is 0.727 bits per heavy atom. The van der Waals surface area contributed by atoms with Crippen molar-refractivity contribution in [1.82, 2.24) is 0 Å². The molecule has 176 valence electrons. The Bertz CT molecular complexity index is 1130. The fourth-order valence-electron chi connectivity index (χ4n) is 2.98. The molecule has 3 rings (SSSR count). The maximum Gasteiger partial charge on any atom is 0.429 e. The molecule has 0 radical (unpaired) electrons. The monoisotopic (exact) mass is 480 g/mol. The summed E-state index contributed by atoms with van der Waals surface area (Å²) in [5, 5.41) is 0. The van der Waals surface area contributed by atoms with Gasteiger partial charge in [0.1, 0.15) is 34.3 Å². The van der Waals surface area contributed by atoms with Crippen LogP contribution in [-0.2, 0) is 12.3 Å². The maximum absolute atomic E-state index is 14.5. The van der Waals surface area contributed by atoms with Crippen LogP contribution in [0.15, 0.2) is 48.5 Å². The van der Waals surface area contributed by atoms with Gasteiger partial charge >= 0.3 is 12.3 Å². The first-order valence-corrected chi connectivity index (χ1v) is 9.20. The molecule has 2 nitrogen and oxygen atoms in total. The highest BCUT2D eigenvalue weighted by Crippen LogP contribution is 2.40. The van der Waals surface area contributed by atoms with Gasteiger partial charge in [0.05, 0.1) is 6.61 Å². The molecule has 3 aromatic rings. The van der Waals surface area contributed by atoms with Gasteiger partial charge in [0.25, 0.3) is 0 Å². The molecule has 3 aromatic carbocycles. The molecule has 0 bridgehead atoms. The molecule has 33 heavy (non-hydrogen) atoms. The summed E-state index contributed by atoms with van der Waals surface area (Å²) in [6, 6.07) is 6.68. The molecule has 0 fully saturated rings. The summed E-state index contributed by atoms with van der Waals surface area (Å²) in [6.45, 7) is 2.09. The van der Waals surface area contributed by atoms with Crippen molar-refractivity contribution in [2.24, 2.45) is 0 Å². The maximum atomic E-state index is 14.5. The Hall–Kier alpha value is -3.37. The lowest BCUT2D eigenvalue weighted by molar-refractivity contribution is -0.188. The number of hydrogen-bond donors (Lipinski definition) is 0. The van der Waals surface area contributed by atoms with Crippen LogP contribution < -0.4 is 9.47 Å². The van der Waals surface area contributed by atoms with Gasteiger partial charge in [0.2, 0.25) is 0 Å². The zero-order chi connectivity index (χ0) is 24.6. The van der Waals surface area contributed by atoms with E-state index < -0.39 is 52.4 Å². The summed E-state index contributed by atoms with van der Waals surface area (Å²) < 4.78 is 132. The SMILES string of the molecule is CCOc1ccc(-c2ccc(C(F)(F)Oc3cc(F)c(C(F)(F)F)c(F)c3)c(F)c2F)cc1. The lowest BCUT2D eigenvalue weighted by Crippen LogP contribution is -2.24. The van der Waals surface area contributed by atoms with Crippen molar-refractivity contribution in [3.63, 3.8) is 0 Å². The third-order valence-corrected chi connectivity index (χ3v) is 4.42. The van der Waals surface area contributed by atoms with E-state index in [2.05, 4.69) is 4.74 Å². The molecule has 0 aliphatic rings. The van der Waals surface area contributed by atoms with Crippen molar-refractivity contribution in [1.29, 1.82) is 0 Å². The minimum Gasteiger partial charge on any atom is -0.494 e. The normalized spacial score (nSPS) is 12.1. The molecule has 0 atom stereocenters. The zero-order valence-corrected chi connectivity index (χ0v) is 16.5. The molecule has 0 spiro atoms. The van der Waals surface area contributed by atoms with Crippen LogP contribution in [0.3, 0.4) is 0 Å². The van der Waals surface area contributed by atoms with E-state index in [-0.39, 0.29) is 23.3 Å². The zero-order valence-electron chi connectivity index (χ0n) is 16.5. The molecule has 0 aliphatic carbocycles. The van der Waals surface area contributed by atoms with Crippen LogP contribution in [0.5, 0.6) is 11.5 Å². The van der Waals surface area contributed by atoms with Crippen molar-refractivity contribution >= 4 is 0 Å². The number of hydrogen-bond acceptors (Lipinski definition) is 2. The summed E-state index contributed by atoms with van der Waals surface area (Å²) >= 11 is 0. The average molecular weight is 480 g/mol. The van der Waals surface area contributed by atoms with E-state index >= 15 is 0 Å². The number of benzene rings is 3. The Balaban J connectivity index is 1.93. The Morgan fingerprint density at radius 2 is 1.30 bits per heavy atom. The van der Waals surface area contributed by atoms with Gasteiger partial charge in [-0.25, -0.2) is 17.6 Å². The van der Waals surface area contributed by atoms with Crippen LogP contribution >= 0.6 is 0 Å². The fraction of sp³-hybridized carbons (Fsp3) is 0.182. The first-order valence-electron chi connectivity index (χ1n) is 9.20. The third-order valence-electron chi connectivity index (χ3n) is 4.42. The Kier molecular flexibility index (Phi) is 6.53. The fourth-order valence-corrected chi connectivity index (χ4v) is 2.98. The molecular formula is C22H13F9O2. The predicted molar refractivity (Wildman–Crippen MR) is 98.8 cm³/mol. The van der Waals surface area contributed by atoms with Crippen molar-refractivity contribution in [3.8, 4) is 22.6 Å². The minimum absolute atomic E-state index is 0.137. The second-order valence-corrected chi connectivity index (χ2v) is 6.62. The van der Waals surface area contributed by atoms with Crippen molar-refractivity contribution in [3.05, 3.63) is 82.9 Å². The molecule has 0 amide bonds. The van der Waals surface area contributed by atoms with Gasteiger partial charge in [-0.05, 0) is 30.7 Å². The van der Waals surface area contributed by atoms with Gasteiger partial charge in [-0.2, -0.15) is 22.0 Å². The van der Waals surface area contributed by atoms with Gasteiger partial charge < -0.3 is 9.47 Å². The van der Waals surface area contributed by atoms with Gasteiger partial charge in [-0.15, -0.1) is 0 Å². The minimum atomic E-state index is -5.43. The van der Waals surface area contributed by atoms with Crippen LogP contribution in [0, 0.1) is 23.3 Å². The van der Waals surface area contributed by atoms with Gasteiger partial charge in [-0.3, -0.25) is 0 Å². The number of alkyl halides is 5. The van der Waals surface area contributed by atoms with Crippen LogP contribution in [0.4, 0.5) is 39.5 Å². The molecular weight excluding hydrogens is 467 g/mol. The summed E-state index contributed by atoms with van der Waals surface area (Å²) in [7, 11) is 0. The van der Waals surface area contributed by atoms with E-state index in [9.17, 15) is 39.5 Å². The van der Waals surface area contributed by atoms with Crippen LogP contribution in [-0.4, -0.2) is 6.61 Å². The highest BCUT2D eigenvalue weighted by atomic mass is 19.4. The number of rotatable bonds is 6. The Labute approximate surface area is 181 Å². The van der Waals surface area contributed by atoms with E-state index in [1.165, 1.54) is 24.3 Å². The van der Waals surface area contributed by atoms with Crippen molar-refractivity contribution in [2.75, 3.05) is 6.61 Å². The topological polar surface area (TPSA) is 18.5 Å². The largest absolute Gasteiger partial charge is 0.494 e. The van der Waals surface area contributed by atoms with Crippen molar-refractivity contribution in [2.45, 2.75) is 19.2 Å². The van der Waals surface area contributed by atoms with Gasteiger partial charge in [-0.1, -0.05) is 18.2 Å². The molecule has 0 unspecified atom stereocenters. The van der Waals surface area contributed by atoms with E-state index in [0.29, 0.717) is 18.4 Å². The second kappa shape index (κ2) is 8.87. The lowest BCUT2D eigenvalue weighted by Gasteiger charge is -2.20. The van der Waals surface area contributed by atoms with Crippen LogP contribution in [0.25, 0.3) is 11.1 Å². The van der Waals surface area contributed by atoms with Crippen LogP contribution in [0.1, 0.15) is 18.1 Å². The summed E-state index contributed by atoms with van der Waals surface area (Å²) in [6.07, 6.45) is -10.1. The van der Waals surface area contributed by atoms with Gasteiger partial charge in [0.15, 0.2) is 11.6 Å². The smallest absolute Gasteiger partial charge is 0.429 e. The highest BCUT2D eigenvalue weighted by molar-refractivity contribution is 5.65.